The number of nitrogens with zero attached hydrogens (tertiary/aromatic N) is 2. The third kappa shape index (κ3) is 2.36. The van der Waals surface area contributed by atoms with E-state index in [1.54, 1.807) is 6.20 Å². The molecule has 1 N–H and O–H groups in total. The van der Waals surface area contributed by atoms with Gasteiger partial charge in [0.1, 0.15) is 0 Å². The summed E-state index contributed by atoms with van der Waals surface area (Å²) in [6, 6.07) is 14.6. The second-order valence-electron chi connectivity index (χ2n) is 4.38. The molecule has 2 aromatic carbocycles. The number of hydrogen-bond donors (Lipinski definition) is 1. The third-order valence-corrected chi connectivity index (χ3v) is 3.05. The third-order valence-electron chi connectivity index (χ3n) is 3.05. The van der Waals surface area contributed by atoms with Crippen LogP contribution >= 0.6 is 0 Å². The van der Waals surface area contributed by atoms with Crippen LogP contribution in [0.1, 0.15) is 0 Å². The summed E-state index contributed by atoms with van der Waals surface area (Å²) in [6.45, 7) is 4.49. The van der Waals surface area contributed by atoms with Crippen molar-refractivity contribution in [3.63, 3.8) is 0 Å². The first-order valence-corrected chi connectivity index (χ1v) is 6.25. The Balaban J connectivity index is 1.92. The summed E-state index contributed by atoms with van der Waals surface area (Å²) in [7, 11) is 0. The molecule has 3 aromatic rings. The number of fused-ring (bicyclic) bond motifs is 1. The van der Waals surface area contributed by atoms with Crippen molar-refractivity contribution in [2.75, 3.05) is 5.32 Å². The Labute approximate surface area is 112 Å². The van der Waals surface area contributed by atoms with Crippen molar-refractivity contribution in [1.29, 1.82) is 0 Å². The standard InChI is InChI=1S/C16H15N3/c1-2-10-19-11-9-17-16(19)18-15-8-7-13-5-3-4-6-14(13)12-15/h2-9,11-12H,1,10H2,(H,17,18). The first-order chi connectivity index (χ1) is 9.36. The Bertz CT molecular complexity index is 713. The van der Waals surface area contributed by atoms with Gasteiger partial charge >= 0.3 is 0 Å². The molecule has 0 spiro atoms. The molecule has 0 aliphatic carbocycles. The van der Waals surface area contributed by atoms with Crippen LogP contribution in [-0.4, -0.2) is 9.55 Å². The zero-order valence-electron chi connectivity index (χ0n) is 10.6. The minimum Gasteiger partial charge on any atom is -0.326 e. The van der Waals surface area contributed by atoms with Crippen LogP contribution in [0.5, 0.6) is 0 Å². The van der Waals surface area contributed by atoms with Gasteiger partial charge in [-0.15, -0.1) is 6.58 Å². The molecule has 3 nitrogen and oxygen atoms in total. The molecule has 19 heavy (non-hydrogen) atoms. The van der Waals surface area contributed by atoms with Crippen LogP contribution in [0.25, 0.3) is 10.8 Å². The summed E-state index contributed by atoms with van der Waals surface area (Å²) in [5, 5.41) is 5.79. The van der Waals surface area contributed by atoms with Crippen molar-refractivity contribution in [3.05, 3.63) is 67.5 Å². The molecule has 1 heterocycles. The minimum absolute atomic E-state index is 0.746. The molecular weight excluding hydrogens is 234 g/mol. The zero-order valence-corrected chi connectivity index (χ0v) is 10.6. The fraction of sp³-hybridized carbons (Fsp3) is 0.0625. The van der Waals surface area contributed by atoms with E-state index in [4.69, 9.17) is 0 Å². The average molecular weight is 249 g/mol. The van der Waals surface area contributed by atoms with Crippen LogP contribution < -0.4 is 5.32 Å². The highest BCUT2D eigenvalue weighted by molar-refractivity contribution is 5.86. The first-order valence-electron chi connectivity index (χ1n) is 6.25. The average Bonchev–Trinajstić information content (AvgIpc) is 2.86. The Morgan fingerprint density at radius 3 is 2.84 bits per heavy atom. The van der Waals surface area contributed by atoms with E-state index in [1.807, 2.05) is 29.0 Å². The topological polar surface area (TPSA) is 29.9 Å². The van der Waals surface area contributed by atoms with Crippen LogP contribution in [0.2, 0.25) is 0 Å². The summed E-state index contributed by atoms with van der Waals surface area (Å²) in [5.41, 5.74) is 1.04. The lowest BCUT2D eigenvalue weighted by Gasteiger charge is -2.09. The maximum atomic E-state index is 4.31. The molecule has 0 aliphatic rings. The molecule has 1 aromatic heterocycles. The highest BCUT2D eigenvalue weighted by Gasteiger charge is 2.02. The van der Waals surface area contributed by atoms with Gasteiger partial charge in [-0.1, -0.05) is 36.4 Å². The molecule has 0 saturated heterocycles. The number of benzene rings is 2. The maximum absolute atomic E-state index is 4.31. The summed E-state index contributed by atoms with van der Waals surface area (Å²) in [6.07, 6.45) is 5.57. The van der Waals surface area contributed by atoms with E-state index in [2.05, 4.69) is 47.2 Å². The quantitative estimate of drug-likeness (QED) is 0.709. The van der Waals surface area contributed by atoms with Gasteiger partial charge in [0.2, 0.25) is 5.95 Å². The largest absolute Gasteiger partial charge is 0.326 e. The molecule has 0 unspecified atom stereocenters. The van der Waals surface area contributed by atoms with Gasteiger partial charge in [-0.2, -0.15) is 0 Å². The molecule has 0 amide bonds. The number of nitrogens with one attached hydrogen (secondary N) is 1. The van der Waals surface area contributed by atoms with Crippen molar-refractivity contribution in [3.8, 4) is 0 Å². The highest BCUT2D eigenvalue weighted by Crippen LogP contribution is 2.21. The summed E-state index contributed by atoms with van der Waals surface area (Å²) < 4.78 is 2.02. The van der Waals surface area contributed by atoms with Crippen molar-refractivity contribution in [2.24, 2.45) is 0 Å². The predicted molar refractivity (Wildman–Crippen MR) is 79.7 cm³/mol. The maximum Gasteiger partial charge on any atom is 0.207 e. The van der Waals surface area contributed by atoms with Gasteiger partial charge in [-0.05, 0) is 22.9 Å². The Morgan fingerprint density at radius 2 is 2.00 bits per heavy atom. The molecule has 3 rings (SSSR count). The number of hydrogen-bond acceptors (Lipinski definition) is 2. The first kappa shape index (κ1) is 11.5. The normalized spacial score (nSPS) is 10.5. The van der Waals surface area contributed by atoms with E-state index < -0.39 is 0 Å². The van der Waals surface area contributed by atoms with Gasteiger partial charge < -0.3 is 9.88 Å². The SMILES string of the molecule is C=CCn1ccnc1Nc1ccc2ccccc2c1. The van der Waals surface area contributed by atoms with Gasteiger partial charge in [-0.3, -0.25) is 0 Å². The molecule has 0 fully saturated rings. The van der Waals surface area contributed by atoms with Gasteiger partial charge in [0.05, 0.1) is 0 Å². The predicted octanol–water partition coefficient (Wildman–Crippen LogP) is 3.97. The van der Waals surface area contributed by atoms with E-state index in [9.17, 15) is 0 Å². The smallest absolute Gasteiger partial charge is 0.207 e. The zero-order chi connectivity index (χ0) is 13.1. The van der Waals surface area contributed by atoms with Gasteiger partial charge in [0.15, 0.2) is 0 Å². The van der Waals surface area contributed by atoms with E-state index >= 15 is 0 Å². The highest BCUT2D eigenvalue weighted by atomic mass is 15.2. The Kier molecular flexibility index (Phi) is 3.02. The number of imidazole rings is 1. The Hall–Kier alpha value is -2.55. The fourth-order valence-electron chi connectivity index (χ4n) is 2.12. The lowest BCUT2D eigenvalue weighted by molar-refractivity contribution is 0.833. The van der Waals surface area contributed by atoms with Crippen LogP contribution in [0, 0.1) is 0 Å². The van der Waals surface area contributed by atoms with Crippen LogP contribution in [0.3, 0.4) is 0 Å². The summed E-state index contributed by atoms with van der Waals surface area (Å²) in [4.78, 5) is 4.31. The Morgan fingerprint density at radius 1 is 1.16 bits per heavy atom. The summed E-state index contributed by atoms with van der Waals surface area (Å²) in [5.74, 6) is 0.829. The molecule has 94 valence electrons. The number of anilines is 2. The lowest BCUT2D eigenvalue weighted by Crippen LogP contribution is -2.01. The van der Waals surface area contributed by atoms with E-state index in [0.717, 1.165) is 18.2 Å². The van der Waals surface area contributed by atoms with Gasteiger partial charge in [0.25, 0.3) is 0 Å². The number of allylic oxidation sites excluding steroid dienone is 1. The van der Waals surface area contributed by atoms with E-state index in [0.29, 0.717) is 0 Å². The van der Waals surface area contributed by atoms with Crippen LogP contribution in [-0.2, 0) is 6.54 Å². The number of rotatable bonds is 4. The van der Waals surface area contributed by atoms with Crippen molar-refractivity contribution >= 4 is 22.4 Å². The van der Waals surface area contributed by atoms with Crippen molar-refractivity contribution < 1.29 is 0 Å². The van der Waals surface area contributed by atoms with E-state index in [1.165, 1.54) is 10.8 Å². The lowest BCUT2D eigenvalue weighted by atomic mass is 10.1. The van der Waals surface area contributed by atoms with E-state index in [-0.39, 0.29) is 0 Å². The molecule has 0 saturated carbocycles. The molecule has 0 bridgehead atoms. The van der Waals surface area contributed by atoms with Crippen molar-refractivity contribution in [2.45, 2.75) is 6.54 Å². The van der Waals surface area contributed by atoms with Crippen LogP contribution in [0.15, 0.2) is 67.5 Å². The molecule has 0 atom stereocenters. The minimum atomic E-state index is 0.746. The number of aromatic nitrogens is 2. The monoisotopic (exact) mass is 249 g/mol. The molecule has 0 radical (unpaired) electrons. The van der Waals surface area contributed by atoms with Crippen molar-refractivity contribution in [1.82, 2.24) is 9.55 Å². The molecule has 3 heteroatoms. The molecular formula is C16H15N3. The van der Waals surface area contributed by atoms with Gasteiger partial charge in [0, 0.05) is 24.6 Å². The summed E-state index contributed by atoms with van der Waals surface area (Å²) >= 11 is 0. The second kappa shape index (κ2) is 4.98. The van der Waals surface area contributed by atoms with Crippen LogP contribution in [0.4, 0.5) is 11.6 Å². The fourth-order valence-corrected chi connectivity index (χ4v) is 2.12. The second-order valence-corrected chi connectivity index (χ2v) is 4.38. The molecule has 0 aliphatic heterocycles. The van der Waals surface area contributed by atoms with Gasteiger partial charge in [-0.25, -0.2) is 4.98 Å².